The molecule has 0 saturated carbocycles. The minimum Gasteiger partial charge on any atom is -0.497 e. The number of nitrogens with one attached hydrogen (secondary N) is 1. The Labute approximate surface area is 174 Å². The highest BCUT2D eigenvalue weighted by molar-refractivity contribution is 5.82. The zero-order chi connectivity index (χ0) is 20.9. The second-order valence-corrected chi connectivity index (χ2v) is 7.08. The van der Waals surface area contributed by atoms with E-state index in [9.17, 15) is 4.79 Å². The van der Waals surface area contributed by atoms with Crippen molar-refractivity contribution in [3.05, 3.63) is 71.4 Å². The van der Waals surface area contributed by atoms with Crippen molar-refractivity contribution in [1.29, 1.82) is 0 Å². The Hall–Kier alpha value is -3.39. The second-order valence-electron chi connectivity index (χ2n) is 7.08. The van der Waals surface area contributed by atoms with E-state index in [2.05, 4.69) is 32.5 Å². The number of hydrogen-bond donors (Lipinski definition) is 1. The van der Waals surface area contributed by atoms with Gasteiger partial charge in [-0.05, 0) is 41.8 Å². The molecular formula is C22H24N4O4. The van der Waals surface area contributed by atoms with Crippen molar-refractivity contribution in [3.63, 3.8) is 0 Å². The lowest BCUT2D eigenvalue weighted by Gasteiger charge is -2.34. The molecule has 1 atom stereocenters. The van der Waals surface area contributed by atoms with Crippen LogP contribution < -0.4 is 14.8 Å². The van der Waals surface area contributed by atoms with Gasteiger partial charge in [-0.1, -0.05) is 29.4 Å². The van der Waals surface area contributed by atoms with Gasteiger partial charge in [-0.2, -0.15) is 4.98 Å². The molecule has 2 heterocycles. The van der Waals surface area contributed by atoms with E-state index in [1.165, 1.54) is 11.1 Å². The molecule has 0 saturated heterocycles. The molecule has 1 aliphatic rings. The van der Waals surface area contributed by atoms with Crippen LogP contribution >= 0.6 is 0 Å². The number of methoxy groups -OCH3 is 1. The van der Waals surface area contributed by atoms with E-state index in [0.29, 0.717) is 37.0 Å². The SMILES string of the molecule is CNC(=O)[C@H]1Cc2ccccc2CN1Cc1nc(COc2ccc(OC)cc2)no1. The summed E-state index contributed by atoms with van der Waals surface area (Å²) in [6.45, 7) is 1.23. The first kappa shape index (κ1) is 19.9. The Morgan fingerprint density at radius 1 is 1.17 bits per heavy atom. The summed E-state index contributed by atoms with van der Waals surface area (Å²) in [6, 6.07) is 15.2. The van der Waals surface area contributed by atoms with Gasteiger partial charge in [-0.25, -0.2) is 0 Å². The van der Waals surface area contributed by atoms with Crippen LogP contribution in [0.3, 0.4) is 0 Å². The maximum absolute atomic E-state index is 12.4. The number of ether oxygens (including phenoxy) is 2. The molecule has 1 amide bonds. The number of carbonyl (C=O) groups excluding carboxylic acids is 1. The smallest absolute Gasteiger partial charge is 0.240 e. The van der Waals surface area contributed by atoms with Crippen LogP contribution in [0.4, 0.5) is 0 Å². The molecule has 3 aromatic rings. The van der Waals surface area contributed by atoms with Crippen molar-refractivity contribution < 1.29 is 18.8 Å². The molecule has 1 N–H and O–H groups in total. The Morgan fingerprint density at radius 2 is 1.90 bits per heavy atom. The number of benzene rings is 2. The van der Waals surface area contributed by atoms with Crippen LogP contribution in [-0.2, 0) is 30.9 Å². The van der Waals surface area contributed by atoms with E-state index in [-0.39, 0.29) is 18.6 Å². The van der Waals surface area contributed by atoms with Gasteiger partial charge in [0.2, 0.25) is 17.6 Å². The number of rotatable bonds is 7. The maximum Gasteiger partial charge on any atom is 0.240 e. The number of hydrogen-bond acceptors (Lipinski definition) is 7. The van der Waals surface area contributed by atoms with Gasteiger partial charge >= 0.3 is 0 Å². The van der Waals surface area contributed by atoms with Crippen molar-refractivity contribution in [3.8, 4) is 11.5 Å². The highest BCUT2D eigenvalue weighted by Crippen LogP contribution is 2.25. The fourth-order valence-electron chi connectivity index (χ4n) is 3.58. The van der Waals surface area contributed by atoms with Gasteiger partial charge in [0.25, 0.3) is 0 Å². The third-order valence-corrected chi connectivity index (χ3v) is 5.17. The zero-order valence-corrected chi connectivity index (χ0v) is 17.0. The summed E-state index contributed by atoms with van der Waals surface area (Å²) in [6.07, 6.45) is 0.650. The van der Waals surface area contributed by atoms with Crippen molar-refractivity contribution >= 4 is 5.91 Å². The number of likely N-dealkylation sites (N-methyl/N-ethyl adjacent to an activating group) is 1. The predicted octanol–water partition coefficient (Wildman–Crippen LogP) is 2.33. The highest BCUT2D eigenvalue weighted by atomic mass is 16.5. The first-order valence-corrected chi connectivity index (χ1v) is 9.77. The largest absolute Gasteiger partial charge is 0.497 e. The fourth-order valence-corrected chi connectivity index (χ4v) is 3.58. The van der Waals surface area contributed by atoms with Crippen LogP contribution in [0.15, 0.2) is 53.1 Å². The van der Waals surface area contributed by atoms with E-state index in [1.807, 2.05) is 36.4 Å². The molecule has 0 aliphatic carbocycles. The Morgan fingerprint density at radius 3 is 2.63 bits per heavy atom. The van der Waals surface area contributed by atoms with Gasteiger partial charge in [0.05, 0.1) is 19.7 Å². The summed E-state index contributed by atoms with van der Waals surface area (Å²) in [7, 11) is 3.27. The minimum atomic E-state index is -0.282. The van der Waals surface area contributed by atoms with Crippen molar-refractivity contribution in [2.45, 2.75) is 32.2 Å². The molecule has 2 aromatic carbocycles. The molecule has 156 valence electrons. The quantitative estimate of drug-likeness (QED) is 0.642. The minimum absolute atomic E-state index is 0.0212. The number of carbonyl (C=O) groups is 1. The average Bonchev–Trinajstić information content (AvgIpc) is 3.24. The topological polar surface area (TPSA) is 89.7 Å². The standard InChI is InChI=1S/C22H24N4O4/c1-23-22(27)19-11-15-5-3-4-6-16(15)12-26(19)13-21-24-20(25-30-21)14-29-18-9-7-17(28-2)8-10-18/h3-10,19H,11-14H2,1-2H3,(H,23,27)/t19-/m1/s1. The van der Waals surface area contributed by atoms with Crippen molar-refractivity contribution in [2.24, 2.45) is 0 Å². The van der Waals surface area contributed by atoms with E-state index in [1.54, 1.807) is 14.2 Å². The first-order valence-electron chi connectivity index (χ1n) is 9.77. The third kappa shape index (κ3) is 4.44. The van der Waals surface area contributed by atoms with Gasteiger partial charge in [-0.15, -0.1) is 0 Å². The fraction of sp³-hybridized carbons (Fsp3) is 0.318. The summed E-state index contributed by atoms with van der Waals surface area (Å²) >= 11 is 0. The summed E-state index contributed by atoms with van der Waals surface area (Å²) < 4.78 is 16.2. The van der Waals surface area contributed by atoms with E-state index in [4.69, 9.17) is 14.0 Å². The number of fused-ring (bicyclic) bond motifs is 1. The molecule has 8 nitrogen and oxygen atoms in total. The Balaban J connectivity index is 1.41. The average molecular weight is 408 g/mol. The summed E-state index contributed by atoms with van der Waals surface area (Å²) in [5.74, 6) is 2.34. The van der Waals surface area contributed by atoms with Gasteiger partial charge in [0, 0.05) is 13.6 Å². The molecule has 0 radical (unpaired) electrons. The Bertz CT molecular complexity index is 1000. The molecule has 0 bridgehead atoms. The predicted molar refractivity (Wildman–Crippen MR) is 109 cm³/mol. The number of aromatic nitrogens is 2. The van der Waals surface area contributed by atoms with Crippen molar-refractivity contribution in [2.75, 3.05) is 14.2 Å². The lowest BCUT2D eigenvalue weighted by Crippen LogP contribution is -2.49. The van der Waals surface area contributed by atoms with Gasteiger partial charge in [0.1, 0.15) is 11.5 Å². The van der Waals surface area contributed by atoms with E-state index in [0.717, 1.165) is 5.75 Å². The first-order chi connectivity index (χ1) is 14.7. The van der Waals surface area contributed by atoms with Crippen molar-refractivity contribution in [1.82, 2.24) is 20.4 Å². The normalized spacial score (nSPS) is 16.0. The highest BCUT2D eigenvalue weighted by Gasteiger charge is 2.32. The monoisotopic (exact) mass is 408 g/mol. The number of amides is 1. The zero-order valence-electron chi connectivity index (χ0n) is 17.0. The molecule has 1 aliphatic heterocycles. The molecule has 1 aromatic heterocycles. The Kier molecular flexibility index (Phi) is 5.94. The molecule has 30 heavy (non-hydrogen) atoms. The van der Waals surface area contributed by atoms with Gasteiger partial charge in [-0.3, -0.25) is 9.69 Å². The lowest BCUT2D eigenvalue weighted by molar-refractivity contribution is -0.127. The summed E-state index contributed by atoms with van der Waals surface area (Å²) in [4.78, 5) is 18.9. The molecule has 8 heteroatoms. The van der Waals surface area contributed by atoms with E-state index < -0.39 is 0 Å². The van der Waals surface area contributed by atoms with Gasteiger partial charge in [0.15, 0.2) is 6.61 Å². The van der Waals surface area contributed by atoms with Crippen LogP contribution in [0.1, 0.15) is 22.8 Å². The maximum atomic E-state index is 12.4. The summed E-state index contributed by atoms with van der Waals surface area (Å²) in [5.41, 5.74) is 2.40. The third-order valence-electron chi connectivity index (χ3n) is 5.17. The van der Waals surface area contributed by atoms with Gasteiger partial charge < -0.3 is 19.3 Å². The molecular weight excluding hydrogens is 384 g/mol. The van der Waals surface area contributed by atoms with Crippen LogP contribution in [0.2, 0.25) is 0 Å². The van der Waals surface area contributed by atoms with E-state index >= 15 is 0 Å². The van der Waals surface area contributed by atoms with Crippen LogP contribution in [-0.4, -0.2) is 41.1 Å². The van der Waals surface area contributed by atoms with Crippen LogP contribution in [0.25, 0.3) is 0 Å². The summed E-state index contributed by atoms with van der Waals surface area (Å²) in [5, 5.41) is 6.76. The molecule has 4 rings (SSSR count). The number of nitrogens with zero attached hydrogens (tertiary/aromatic N) is 3. The molecule has 0 fully saturated rings. The van der Waals surface area contributed by atoms with Crippen LogP contribution in [0.5, 0.6) is 11.5 Å². The second kappa shape index (κ2) is 8.96. The molecule has 0 spiro atoms. The lowest BCUT2D eigenvalue weighted by atomic mass is 9.93. The molecule has 0 unspecified atom stereocenters. The van der Waals surface area contributed by atoms with Crippen LogP contribution in [0, 0.1) is 0 Å².